The normalized spacial score (nSPS) is 10.8. The van der Waals surface area contributed by atoms with Crippen LogP contribution in [0, 0.1) is 5.82 Å². The van der Waals surface area contributed by atoms with Crippen molar-refractivity contribution in [3.05, 3.63) is 40.5 Å². The minimum absolute atomic E-state index is 0.0724. The summed E-state index contributed by atoms with van der Waals surface area (Å²) in [5, 5.41) is 5.84. The fourth-order valence-electron chi connectivity index (χ4n) is 1.73. The third kappa shape index (κ3) is 2.38. The lowest BCUT2D eigenvalue weighted by Crippen LogP contribution is -2.11. The molecule has 0 atom stereocenters. The quantitative estimate of drug-likeness (QED) is 0.510. The van der Waals surface area contributed by atoms with Crippen molar-refractivity contribution >= 4 is 50.6 Å². The SMILES string of the molecule is NNc1nc(Nc2ccc(Cl)c(F)c2)c2ccsc2n1. The number of hydrogen-bond donors (Lipinski definition) is 3. The van der Waals surface area contributed by atoms with Crippen molar-refractivity contribution in [1.29, 1.82) is 0 Å². The Hall–Kier alpha value is -1.96. The van der Waals surface area contributed by atoms with Gasteiger partial charge in [-0.05, 0) is 29.6 Å². The Morgan fingerprint density at radius 3 is 2.85 bits per heavy atom. The Balaban J connectivity index is 2.04. The third-order valence-electron chi connectivity index (χ3n) is 2.64. The van der Waals surface area contributed by atoms with Gasteiger partial charge in [-0.3, -0.25) is 5.43 Å². The van der Waals surface area contributed by atoms with E-state index < -0.39 is 5.82 Å². The fourth-order valence-corrected chi connectivity index (χ4v) is 2.61. The minimum atomic E-state index is -0.496. The molecule has 0 aliphatic heterocycles. The van der Waals surface area contributed by atoms with Gasteiger partial charge in [-0.1, -0.05) is 11.6 Å². The number of nitrogens with two attached hydrogens (primary N) is 1. The van der Waals surface area contributed by atoms with Crippen LogP contribution in [-0.2, 0) is 0 Å². The third-order valence-corrected chi connectivity index (χ3v) is 3.75. The molecular formula is C12H9ClFN5S. The number of nitrogens with one attached hydrogen (secondary N) is 2. The van der Waals surface area contributed by atoms with E-state index in [0.717, 1.165) is 10.2 Å². The molecule has 3 rings (SSSR count). The first-order valence-electron chi connectivity index (χ1n) is 5.61. The molecule has 0 spiro atoms. The number of fused-ring (bicyclic) bond motifs is 1. The zero-order valence-electron chi connectivity index (χ0n) is 10.0. The molecule has 0 saturated carbocycles. The van der Waals surface area contributed by atoms with Gasteiger partial charge in [0.1, 0.15) is 16.5 Å². The largest absolute Gasteiger partial charge is 0.339 e. The van der Waals surface area contributed by atoms with Gasteiger partial charge in [0.25, 0.3) is 0 Å². The van der Waals surface area contributed by atoms with Gasteiger partial charge >= 0.3 is 0 Å². The van der Waals surface area contributed by atoms with Crippen molar-refractivity contribution in [3.8, 4) is 0 Å². The molecule has 5 nitrogen and oxygen atoms in total. The molecule has 0 saturated heterocycles. The predicted octanol–water partition coefficient (Wildman–Crippen LogP) is 3.51. The molecule has 0 bridgehead atoms. The number of nitrogens with zero attached hydrogens (tertiary/aromatic N) is 2. The second kappa shape index (κ2) is 5.20. The molecule has 102 valence electrons. The number of rotatable bonds is 3. The van der Waals surface area contributed by atoms with Crippen LogP contribution in [0.3, 0.4) is 0 Å². The van der Waals surface area contributed by atoms with Crippen LogP contribution in [0.2, 0.25) is 5.02 Å². The van der Waals surface area contributed by atoms with E-state index in [9.17, 15) is 4.39 Å². The maximum absolute atomic E-state index is 13.4. The van der Waals surface area contributed by atoms with E-state index in [1.54, 1.807) is 6.07 Å². The lowest BCUT2D eigenvalue weighted by Gasteiger charge is -2.09. The molecule has 20 heavy (non-hydrogen) atoms. The van der Waals surface area contributed by atoms with Crippen molar-refractivity contribution in [3.63, 3.8) is 0 Å². The summed E-state index contributed by atoms with van der Waals surface area (Å²) in [6.45, 7) is 0. The first-order valence-corrected chi connectivity index (χ1v) is 6.87. The number of benzene rings is 1. The molecule has 3 aromatic rings. The molecule has 2 aromatic heterocycles. The summed E-state index contributed by atoms with van der Waals surface area (Å²) < 4.78 is 13.4. The van der Waals surface area contributed by atoms with Gasteiger partial charge in [0.05, 0.1) is 10.4 Å². The molecule has 0 amide bonds. The summed E-state index contributed by atoms with van der Waals surface area (Å²) in [6.07, 6.45) is 0. The van der Waals surface area contributed by atoms with Gasteiger partial charge < -0.3 is 5.32 Å². The van der Waals surface area contributed by atoms with Crippen molar-refractivity contribution in [2.75, 3.05) is 10.7 Å². The summed E-state index contributed by atoms with van der Waals surface area (Å²) in [5.41, 5.74) is 2.95. The molecule has 1 aromatic carbocycles. The van der Waals surface area contributed by atoms with Gasteiger partial charge in [0.2, 0.25) is 5.95 Å². The van der Waals surface area contributed by atoms with Crippen LogP contribution in [-0.4, -0.2) is 9.97 Å². The van der Waals surface area contributed by atoms with E-state index >= 15 is 0 Å². The number of thiophene rings is 1. The second-order valence-corrected chi connectivity index (χ2v) is 5.24. The molecular weight excluding hydrogens is 301 g/mol. The molecule has 0 aliphatic carbocycles. The van der Waals surface area contributed by atoms with E-state index in [1.807, 2.05) is 11.4 Å². The van der Waals surface area contributed by atoms with Crippen LogP contribution in [0.15, 0.2) is 29.6 Å². The number of hydrogen-bond acceptors (Lipinski definition) is 6. The Labute approximate surface area is 122 Å². The molecule has 4 N–H and O–H groups in total. The van der Waals surface area contributed by atoms with Crippen molar-refractivity contribution in [2.45, 2.75) is 0 Å². The van der Waals surface area contributed by atoms with Gasteiger partial charge in [-0.25, -0.2) is 15.2 Å². The fraction of sp³-hybridized carbons (Fsp3) is 0. The van der Waals surface area contributed by atoms with Gasteiger partial charge in [-0.2, -0.15) is 4.98 Å². The Morgan fingerprint density at radius 2 is 2.10 bits per heavy atom. The Morgan fingerprint density at radius 1 is 1.25 bits per heavy atom. The highest BCUT2D eigenvalue weighted by Gasteiger charge is 2.09. The predicted molar refractivity (Wildman–Crippen MR) is 79.9 cm³/mol. The number of aromatic nitrogens is 2. The zero-order chi connectivity index (χ0) is 14.1. The smallest absolute Gasteiger partial charge is 0.240 e. The van der Waals surface area contributed by atoms with Crippen LogP contribution >= 0.6 is 22.9 Å². The van der Waals surface area contributed by atoms with Gasteiger partial charge in [-0.15, -0.1) is 11.3 Å². The van der Waals surface area contributed by atoms with Crippen LogP contribution in [0.25, 0.3) is 10.2 Å². The summed E-state index contributed by atoms with van der Waals surface area (Å²) >= 11 is 7.12. The van der Waals surface area contributed by atoms with Crippen LogP contribution in [0.5, 0.6) is 0 Å². The second-order valence-electron chi connectivity index (χ2n) is 3.93. The van der Waals surface area contributed by atoms with Crippen molar-refractivity contribution in [2.24, 2.45) is 5.84 Å². The Bertz CT molecular complexity index is 776. The molecule has 0 fully saturated rings. The maximum atomic E-state index is 13.4. The molecule has 0 unspecified atom stereocenters. The average molecular weight is 310 g/mol. The van der Waals surface area contributed by atoms with Crippen molar-refractivity contribution < 1.29 is 4.39 Å². The maximum Gasteiger partial charge on any atom is 0.240 e. The minimum Gasteiger partial charge on any atom is -0.339 e. The summed E-state index contributed by atoms with van der Waals surface area (Å²) in [4.78, 5) is 9.24. The van der Waals surface area contributed by atoms with Crippen LogP contribution < -0.4 is 16.6 Å². The summed E-state index contributed by atoms with van der Waals surface area (Å²) in [6, 6.07) is 6.34. The molecule has 8 heteroatoms. The van der Waals surface area contributed by atoms with E-state index in [0.29, 0.717) is 11.5 Å². The van der Waals surface area contributed by atoms with Crippen LogP contribution in [0.1, 0.15) is 0 Å². The number of anilines is 3. The van der Waals surface area contributed by atoms with E-state index in [-0.39, 0.29) is 11.0 Å². The summed E-state index contributed by atoms with van der Waals surface area (Å²) in [7, 11) is 0. The van der Waals surface area contributed by atoms with E-state index in [4.69, 9.17) is 17.4 Å². The highest BCUT2D eigenvalue weighted by atomic mass is 35.5. The number of halogens is 2. The highest BCUT2D eigenvalue weighted by Crippen LogP contribution is 2.29. The molecule has 0 radical (unpaired) electrons. The summed E-state index contributed by atoms with van der Waals surface area (Å²) in [5.74, 6) is 5.68. The molecule has 2 heterocycles. The molecule has 0 aliphatic rings. The first-order chi connectivity index (χ1) is 9.67. The average Bonchev–Trinajstić information content (AvgIpc) is 2.91. The van der Waals surface area contributed by atoms with Gasteiger partial charge in [0, 0.05) is 5.69 Å². The lowest BCUT2D eigenvalue weighted by molar-refractivity contribution is 0.629. The monoisotopic (exact) mass is 309 g/mol. The van der Waals surface area contributed by atoms with E-state index in [2.05, 4.69) is 20.7 Å². The lowest BCUT2D eigenvalue weighted by atomic mass is 10.3. The standard InChI is InChI=1S/C12H9ClFN5S/c13-8-2-1-6(5-9(8)14)16-10-7-3-4-20-11(7)18-12(17-10)19-15/h1-5H,15H2,(H2,16,17,18,19). The Kier molecular flexibility index (Phi) is 3.39. The van der Waals surface area contributed by atoms with E-state index in [1.165, 1.54) is 23.5 Å². The zero-order valence-corrected chi connectivity index (χ0v) is 11.6. The topological polar surface area (TPSA) is 75.9 Å². The van der Waals surface area contributed by atoms with Gasteiger partial charge in [0.15, 0.2) is 0 Å². The first kappa shape index (κ1) is 13.0. The number of nitrogen functional groups attached to an aromatic ring is 1. The van der Waals surface area contributed by atoms with Crippen LogP contribution in [0.4, 0.5) is 21.8 Å². The number of hydrazine groups is 1. The van der Waals surface area contributed by atoms with Crippen molar-refractivity contribution in [1.82, 2.24) is 9.97 Å². The highest BCUT2D eigenvalue weighted by molar-refractivity contribution is 7.16.